The first-order valence-electron chi connectivity index (χ1n) is 9.08. The van der Waals surface area contributed by atoms with E-state index in [2.05, 4.69) is 5.32 Å². The van der Waals surface area contributed by atoms with Crippen LogP contribution in [0.2, 0.25) is 0 Å². The molecule has 27 heavy (non-hydrogen) atoms. The fraction of sp³-hybridized carbons (Fsp3) is 0.273. The van der Waals surface area contributed by atoms with Gasteiger partial charge in [-0.05, 0) is 49.2 Å². The molecule has 1 heterocycles. The van der Waals surface area contributed by atoms with Crippen molar-refractivity contribution in [2.45, 2.75) is 19.9 Å². The van der Waals surface area contributed by atoms with E-state index in [1.807, 2.05) is 49.1 Å². The fourth-order valence-electron chi connectivity index (χ4n) is 3.05. The van der Waals surface area contributed by atoms with E-state index >= 15 is 0 Å². The van der Waals surface area contributed by atoms with Gasteiger partial charge in [0.1, 0.15) is 0 Å². The molecule has 0 bridgehead atoms. The Labute approximate surface area is 159 Å². The number of nitrogens with one attached hydrogen (secondary N) is 1. The van der Waals surface area contributed by atoms with Gasteiger partial charge in [0, 0.05) is 23.9 Å². The lowest BCUT2D eigenvalue weighted by molar-refractivity contribution is -0.111. The van der Waals surface area contributed by atoms with Crippen LogP contribution in [-0.4, -0.2) is 42.5 Å². The summed E-state index contributed by atoms with van der Waals surface area (Å²) in [4.78, 5) is 26.7. The van der Waals surface area contributed by atoms with E-state index in [-0.39, 0.29) is 17.9 Å². The Morgan fingerprint density at radius 3 is 2.44 bits per heavy atom. The molecule has 1 atom stereocenters. The number of ether oxygens (including phenoxy) is 1. The number of hydrogen-bond donors (Lipinski definition) is 1. The quantitative estimate of drug-likeness (QED) is 0.844. The van der Waals surface area contributed by atoms with Gasteiger partial charge in [-0.15, -0.1) is 0 Å². The number of benzene rings is 2. The van der Waals surface area contributed by atoms with Crippen LogP contribution in [0.3, 0.4) is 0 Å². The SMILES string of the molecule is C/C(=C\C(=O)Nc1ccc(C(=O)N2CCOCC2C)cc1)c1ccccc1. The molecule has 1 N–H and O–H groups in total. The Bertz CT molecular complexity index is 828. The summed E-state index contributed by atoms with van der Waals surface area (Å²) in [5, 5.41) is 2.84. The summed E-state index contributed by atoms with van der Waals surface area (Å²) in [7, 11) is 0. The van der Waals surface area contributed by atoms with Crippen LogP contribution in [0.1, 0.15) is 29.8 Å². The largest absolute Gasteiger partial charge is 0.377 e. The minimum Gasteiger partial charge on any atom is -0.377 e. The van der Waals surface area contributed by atoms with Gasteiger partial charge >= 0.3 is 0 Å². The molecule has 5 heteroatoms. The van der Waals surface area contributed by atoms with Crippen molar-refractivity contribution < 1.29 is 14.3 Å². The highest BCUT2D eigenvalue weighted by molar-refractivity contribution is 6.04. The second-order valence-electron chi connectivity index (χ2n) is 6.68. The summed E-state index contributed by atoms with van der Waals surface area (Å²) >= 11 is 0. The first-order valence-corrected chi connectivity index (χ1v) is 9.08. The molecular formula is C22H24N2O3. The van der Waals surface area contributed by atoms with Crippen molar-refractivity contribution >= 4 is 23.1 Å². The molecule has 1 unspecified atom stereocenters. The minimum atomic E-state index is -0.197. The van der Waals surface area contributed by atoms with Crippen molar-refractivity contribution in [2.75, 3.05) is 25.1 Å². The maximum absolute atomic E-state index is 12.6. The third-order valence-electron chi connectivity index (χ3n) is 4.60. The summed E-state index contributed by atoms with van der Waals surface area (Å²) in [5.41, 5.74) is 3.16. The van der Waals surface area contributed by atoms with Crippen molar-refractivity contribution in [2.24, 2.45) is 0 Å². The molecule has 5 nitrogen and oxygen atoms in total. The molecule has 1 fully saturated rings. The van der Waals surface area contributed by atoms with Crippen molar-refractivity contribution in [3.8, 4) is 0 Å². The highest BCUT2D eigenvalue weighted by Gasteiger charge is 2.24. The van der Waals surface area contributed by atoms with Gasteiger partial charge in [-0.25, -0.2) is 0 Å². The van der Waals surface area contributed by atoms with Crippen LogP contribution in [0, 0.1) is 0 Å². The molecule has 0 aliphatic carbocycles. The minimum absolute atomic E-state index is 0.0107. The Hall–Kier alpha value is -2.92. The Balaban J connectivity index is 1.63. The van der Waals surface area contributed by atoms with Gasteiger partial charge in [0.15, 0.2) is 0 Å². The number of anilines is 1. The number of carbonyl (C=O) groups is 2. The number of carbonyl (C=O) groups excluding carboxylic acids is 2. The van der Waals surface area contributed by atoms with E-state index in [9.17, 15) is 9.59 Å². The first kappa shape index (κ1) is 18.9. The Morgan fingerprint density at radius 2 is 1.78 bits per heavy atom. The van der Waals surface area contributed by atoms with Gasteiger partial charge < -0.3 is 15.0 Å². The molecule has 0 aromatic heterocycles. The summed E-state index contributed by atoms with van der Waals surface area (Å²) in [6.45, 7) is 5.61. The monoisotopic (exact) mass is 364 g/mol. The summed E-state index contributed by atoms with van der Waals surface area (Å²) < 4.78 is 5.38. The smallest absolute Gasteiger partial charge is 0.254 e. The van der Waals surface area contributed by atoms with Crippen molar-refractivity contribution in [1.29, 1.82) is 0 Å². The predicted octanol–water partition coefficient (Wildman–Crippen LogP) is 3.59. The predicted molar refractivity (Wildman–Crippen MR) is 106 cm³/mol. The first-order chi connectivity index (χ1) is 13.0. The van der Waals surface area contributed by atoms with E-state index in [0.717, 1.165) is 11.1 Å². The Kier molecular flexibility index (Phi) is 6.04. The van der Waals surface area contributed by atoms with Crippen LogP contribution in [0.25, 0.3) is 5.57 Å². The average Bonchev–Trinajstić information content (AvgIpc) is 2.69. The number of hydrogen-bond acceptors (Lipinski definition) is 3. The second-order valence-corrected chi connectivity index (χ2v) is 6.68. The third-order valence-corrected chi connectivity index (χ3v) is 4.60. The summed E-state index contributed by atoms with van der Waals surface area (Å²) in [6.07, 6.45) is 1.57. The molecule has 2 aromatic carbocycles. The lowest BCUT2D eigenvalue weighted by Gasteiger charge is -2.33. The van der Waals surface area contributed by atoms with E-state index in [0.29, 0.717) is 31.0 Å². The van der Waals surface area contributed by atoms with E-state index < -0.39 is 0 Å². The summed E-state index contributed by atoms with van der Waals surface area (Å²) in [5.74, 6) is -0.208. The van der Waals surface area contributed by atoms with E-state index in [1.54, 1.807) is 30.3 Å². The molecule has 1 saturated heterocycles. The zero-order valence-corrected chi connectivity index (χ0v) is 15.6. The molecule has 1 aliphatic heterocycles. The van der Waals surface area contributed by atoms with Gasteiger partial charge in [0.05, 0.1) is 19.3 Å². The van der Waals surface area contributed by atoms with Gasteiger partial charge in [-0.3, -0.25) is 9.59 Å². The number of morpholine rings is 1. The van der Waals surface area contributed by atoms with Crippen molar-refractivity contribution in [1.82, 2.24) is 4.90 Å². The zero-order chi connectivity index (χ0) is 19.2. The number of amides is 2. The lowest BCUT2D eigenvalue weighted by atomic mass is 10.1. The molecule has 2 aromatic rings. The molecule has 1 aliphatic rings. The van der Waals surface area contributed by atoms with E-state index in [1.165, 1.54) is 0 Å². The maximum Gasteiger partial charge on any atom is 0.254 e. The average molecular weight is 364 g/mol. The van der Waals surface area contributed by atoms with Gasteiger partial charge in [-0.1, -0.05) is 30.3 Å². The molecule has 2 amide bonds. The maximum atomic E-state index is 12.6. The van der Waals surface area contributed by atoms with Crippen LogP contribution < -0.4 is 5.32 Å². The molecule has 0 saturated carbocycles. The molecule has 3 rings (SSSR count). The van der Waals surface area contributed by atoms with Crippen LogP contribution in [-0.2, 0) is 9.53 Å². The van der Waals surface area contributed by atoms with Crippen LogP contribution >= 0.6 is 0 Å². The lowest BCUT2D eigenvalue weighted by Crippen LogP contribution is -2.47. The highest BCUT2D eigenvalue weighted by Crippen LogP contribution is 2.16. The zero-order valence-electron chi connectivity index (χ0n) is 15.6. The molecule has 0 spiro atoms. The topological polar surface area (TPSA) is 58.6 Å². The normalized spacial score (nSPS) is 17.5. The second kappa shape index (κ2) is 8.64. The Morgan fingerprint density at radius 1 is 1.07 bits per heavy atom. The summed E-state index contributed by atoms with van der Waals surface area (Å²) in [6, 6.07) is 16.8. The van der Waals surface area contributed by atoms with Gasteiger partial charge in [0.25, 0.3) is 5.91 Å². The van der Waals surface area contributed by atoms with Crippen molar-refractivity contribution in [3.05, 3.63) is 71.8 Å². The third kappa shape index (κ3) is 4.83. The fourth-order valence-corrected chi connectivity index (χ4v) is 3.05. The highest BCUT2D eigenvalue weighted by atomic mass is 16.5. The molecular weight excluding hydrogens is 340 g/mol. The van der Waals surface area contributed by atoms with Crippen LogP contribution in [0.4, 0.5) is 5.69 Å². The van der Waals surface area contributed by atoms with Crippen LogP contribution in [0.5, 0.6) is 0 Å². The molecule has 0 radical (unpaired) electrons. The van der Waals surface area contributed by atoms with E-state index in [4.69, 9.17) is 4.74 Å². The molecule has 140 valence electrons. The van der Waals surface area contributed by atoms with Gasteiger partial charge in [0.2, 0.25) is 5.91 Å². The van der Waals surface area contributed by atoms with Crippen LogP contribution in [0.15, 0.2) is 60.7 Å². The number of allylic oxidation sites excluding steroid dienone is 1. The standard InChI is InChI=1S/C22H24N2O3/c1-16(18-6-4-3-5-7-18)14-21(25)23-20-10-8-19(9-11-20)22(26)24-12-13-27-15-17(24)2/h3-11,14,17H,12-13,15H2,1-2H3,(H,23,25)/b16-14+. The number of nitrogens with zero attached hydrogens (tertiary/aromatic N) is 1. The van der Waals surface area contributed by atoms with Gasteiger partial charge in [-0.2, -0.15) is 0 Å². The van der Waals surface area contributed by atoms with Crippen molar-refractivity contribution in [3.63, 3.8) is 0 Å². The number of rotatable bonds is 4.